The quantitative estimate of drug-likeness (QED) is 0.620. The smallest absolute Gasteiger partial charge is 0.0860 e. The molecule has 0 saturated heterocycles. The first-order valence-corrected chi connectivity index (χ1v) is 5.02. The van der Waals surface area contributed by atoms with E-state index >= 15 is 0 Å². The molecule has 13 heavy (non-hydrogen) atoms. The highest BCUT2D eigenvalue weighted by atomic mass is 35.5. The normalized spacial score (nSPS) is 10.8. The van der Waals surface area contributed by atoms with Crippen LogP contribution in [0.15, 0.2) is 0 Å². The third-order valence-corrected chi connectivity index (χ3v) is 2.51. The van der Waals surface area contributed by atoms with E-state index in [0.29, 0.717) is 12.4 Å². The molecular weight excluding hydrogens is 209 g/mol. The van der Waals surface area contributed by atoms with Gasteiger partial charge < -0.3 is 5.32 Å². The second-order valence-electron chi connectivity index (χ2n) is 2.84. The summed E-state index contributed by atoms with van der Waals surface area (Å²) in [6, 6.07) is 0. The lowest BCUT2D eigenvalue weighted by Crippen LogP contribution is -2.18. The lowest BCUT2D eigenvalue weighted by atomic mass is 10.3. The van der Waals surface area contributed by atoms with Crippen molar-refractivity contribution in [1.29, 1.82) is 0 Å². The van der Waals surface area contributed by atoms with Crippen molar-refractivity contribution in [3.8, 4) is 0 Å². The van der Waals surface area contributed by atoms with Crippen LogP contribution >= 0.6 is 23.2 Å². The number of hydrogen-bond acceptors (Lipinski definition) is 2. The van der Waals surface area contributed by atoms with Crippen molar-refractivity contribution >= 4 is 23.2 Å². The number of aromatic nitrogens is 2. The average Bonchev–Trinajstić information content (AvgIpc) is 2.32. The van der Waals surface area contributed by atoms with Crippen LogP contribution in [0, 0.1) is 6.92 Å². The van der Waals surface area contributed by atoms with E-state index in [-0.39, 0.29) is 0 Å². The van der Waals surface area contributed by atoms with E-state index in [0.717, 1.165) is 23.0 Å². The Hall–Kier alpha value is -0.250. The fraction of sp³-hybridized carbons (Fsp3) is 0.625. The van der Waals surface area contributed by atoms with Gasteiger partial charge in [-0.25, -0.2) is 0 Å². The molecule has 0 saturated carbocycles. The van der Waals surface area contributed by atoms with Crippen LogP contribution in [0.3, 0.4) is 0 Å². The van der Waals surface area contributed by atoms with Gasteiger partial charge in [0.15, 0.2) is 0 Å². The van der Waals surface area contributed by atoms with E-state index in [1.54, 1.807) is 4.68 Å². The molecule has 74 valence electrons. The second kappa shape index (κ2) is 4.84. The monoisotopic (exact) mass is 221 g/mol. The van der Waals surface area contributed by atoms with E-state index in [9.17, 15) is 0 Å². The van der Waals surface area contributed by atoms with Crippen LogP contribution in [0.5, 0.6) is 0 Å². The molecule has 0 unspecified atom stereocenters. The van der Waals surface area contributed by atoms with Crippen molar-refractivity contribution in [3.05, 3.63) is 16.4 Å². The maximum atomic E-state index is 6.04. The van der Waals surface area contributed by atoms with E-state index in [1.165, 1.54) is 0 Å². The number of rotatable bonds is 4. The zero-order valence-electron chi connectivity index (χ0n) is 7.77. The minimum atomic E-state index is 0.606. The van der Waals surface area contributed by atoms with Crippen LogP contribution < -0.4 is 5.32 Å². The summed E-state index contributed by atoms with van der Waals surface area (Å²) in [6.07, 6.45) is 0. The Labute approximate surface area is 88.0 Å². The number of hydrogen-bond donors (Lipinski definition) is 1. The van der Waals surface area contributed by atoms with E-state index < -0.39 is 0 Å². The number of nitrogens with one attached hydrogen (secondary N) is 1. The Kier molecular flexibility index (Phi) is 4.03. The lowest BCUT2D eigenvalue weighted by molar-refractivity contribution is 0.642. The topological polar surface area (TPSA) is 29.9 Å². The van der Waals surface area contributed by atoms with Crippen LogP contribution in [-0.4, -0.2) is 22.2 Å². The minimum Gasteiger partial charge on any atom is -0.310 e. The number of alkyl halides is 1. The standard InChI is InChI=1S/C8H13Cl2N3/c1-6-8(10)7(13(2)12-6)5-11-4-3-9/h11H,3-5H2,1-2H3. The largest absolute Gasteiger partial charge is 0.310 e. The molecule has 1 rings (SSSR count). The van der Waals surface area contributed by atoms with Crippen LogP contribution in [0.2, 0.25) is 5.02 Å². The highest BCUT2D eigenvalue weighted by Gasteiger charge is 2.09. The Morgan fingerprint density at radius 1 is 1.54 bits per heavy atom. The molecular formula is C8H13Cl2N3. The Balaban J connectivity index is 2.64. The second-order valence-corrected chi connectivity index (χ2v) is 3.59. The van der Waals surface area contributed by atoms with Gasteiger partial charge in [0.05, 0.1) is 16.4 Å². The summed E-state index contributed by atoms with van der Waals surface area (Å²) >= 11 is 11.6. The van der Waals surface area contributed by atoms with Gasteiger partial charge in [-0.05, 0) is 6.92 Å². The molecule has 0 aliphatic carbocycles. The van der Waals surface area contributed by atoms with Gasteiger partial charge in [0.25, 0.3) is 0 Å². The van der Waals surface area contributed by atoms with Gasteiger partial charge in [-0.1, -0.05) is 11.6 Å². The van der Waals surface area contributed by atoms with Gasteiger partial charge >= 0.3 is 0 Å². The van der Waals surface area contributed by atoms with Crippen molar-refractivity contribution in [3.63, 3.8) is 0 Å². The van der Waals surface area contributed by atoms with Crippen molar-refractivity contribution < 1.29 is 0 Å². The van der Waals surface area contributed by atoms with E-state index in [2.05, 4.69) is 10.4 Å². The molecule has 1 aromatic rings. The van der Waals surface area contributed by atoms with E-state index in [1.807, 2.05) is 14.0 Å². The maximum Gasteiger partial charge on any atom is 0.0860 e. The summed E-state index contributed by atoms with van der Waals surface area (Å²) < 4.78 is 1.79. The van der Waals surface area contributed by atoms with Gasteiger partial charge in [0.2, 0.25) is 0 Å². The molecule has 3 nitrogen and oxygen atoms in total. The molecule has 0 bridgehead atoms. The van der Waals surface area contributed by atoms with Crippen LogP contribution in [-0.2, 0) is 13.6 Å². The Bertz CT molecular complexity index is 283. The first-order valence-electron chi connectivity index (χ1n) is 4.11. The SMILES string of the molecule is Cc1nn(C)c(CNCCCl)c1Cl. The van der Waals surface area contributed by atoms with Crippen LogP contribution in [0.4, 0.5) is 0 Å². The molecule has 0 atom stereocenters. The lowest BCUT2D eigenvalue weighted by Gasteiger charge is -2.03. The van der Waals surface area contributed by atoms with Gasteiger partial charge in [-0.2, -0.15) is 5.10 Å². The molecule has 1 N–H and O–H groups in total. The van der Waals surface area contributed by atoms with Gasteiger partial charge in [-0.15, -0.1) is 11.6 Å². The summed E-state index contributed by atoms with van der Waals surface area (Å²) in [7, 11) is 1.89. The van der Waals surface area contributed by atoms with Crippen molar-refractivity contribution in [2.24, 2.45) is 7.05 Å². The molecule has 1 aromatic heterocycles. The Morgan fingerprint density at radius 2 is 2.23 bits per heavy atom. The van der Waals surface area contributed by atoms with Crippen molar-refractivity contribution in [2.75, 3.05) is 12.4 Å². The molecule has 0 spiro atoms. The van der Waals surface area contributed by atoms with E-state index in [4.69, 9.17) is 23.2 Å². The maximum absolute atomic E-state index is 6.04. The molecule has 0 aliphatic rings. The number of halogens is 2. The molecule has 0 aliphatic heterocycles. The highest BCUT2D eigenvalue weighted by molar-refractivity contribution is 6.31. The van der Waals surface area contributed by atoms with Gasteiger partial charge in [-0.3, -0.25) is 4.68 Å². The van der Waals surface area contributed by atoms with Gasteiger partial charge in [0.1, 0.15) is 0 Å². The predicted octanol–water partition coefficient (Wildman–Crippen LogP) is 1.71. The molecule has 0 amide bonds. The number of nitrogens with zero attached hydrogens (tertiary/aromatic N) is 2. The fourth-order valence-corrected chi connectivity index (χ4v) is 1.51. The zero-order chi connectivity index (χ0) is 9.84. The van der Waals surface area contributed by atoms with Crippen LogP contribution in [0.1, 0.15) is 11.4 Å². The average molecular weight is 222 g/mol. The molecule has 1 heterocycles. The first kappa shape index (κ1) is 10.8. The van der Waals surface area contributed by atoms with Gasteiger partial charge in [0, 0.05) is 26.0 Å². The summed E-state index contributed by atoms with van der Waals surface area (Å²) in [5.41, 5.74) is 1.87. The molecule has 0 fully saturated rings. The fourth-order valence-electron chi connectivity index (χ4n) is 1.15. The summed E-state index contributed by atoms with van der Waals surface area (Å²) in [6.45, 7) is 3.39. The Morgan fingerprint density at radius 3 is 2.69 bits per heavy atom. The number of aryl methyl sites for hydroxylation is 2. The van der Waals surface area contributed by atoms with Crippen LogP contribution in [0.25, 0.3) is 0 Å². The van der Waals surface area contributed by atoms with Crippen molar-refractivity contribution in [2.45, 2.75) is 13.5 Å². The molecule has 0 aromatic carbocycles. The van der Waals surface area contributed by atoms with Crippen molar-refractivity contribution in [1.82, 2.24) is 15.1 Å². The summed E-state index contributed by atoms with van der Waals surface area (Å²) in [4.78, 5) is 0. The summed E-state index contributed by atoms with van der Waals surface area (Å²) in [5, 5.41) is 8.11. The highest BCUT2D eigenvalue weighted by Crippen LogP contribution is 2.18. The first-order chi connectivity index (χ1) is 6.16. The zero-order valence-corrected chi connectivity index (χ0v) is 9.28. The third-order valence-electron chi connectivity index (χ3n) is 1.83. The minimum absolute atomic E-state index is 0.606. The summed E-state index contributed by atoms with van der Waals surface area (Å²) in [5.74, 6) is 0.606. The third kappa shape index (κ3) is 2.59. The predicted molar refractivity (Wildman–Crippen MR) is 55.4 cm³/mol. The molecule has 0 radical (unpaired) electrons. The molecule has 5 heteroatoms.